The summed E-state index contributed by atoms with van der Waals surface area (Å²) in [4.78, 5) is -0.0801. The summed E-state index contributed by atoms with van der Waals surface area (Å²) >= 11 is 4.85. The van der Waals surface area contributed by atoms with Gasteiger partial charge in [0.1, 0.15) is 4.99 Å². The Morgan fingerprint density at radius 3 is 2.43 bits per heavy atom. The first kappa shape index (κ1) is 17.7. The number of methoxy groups -OCH3 is 1. The van der Waals surface area contributed by atoms with E-state index in [1.165, 1.54) is 6.07 Å². The molecule has 0 aliphatic carbocycles. The van der Waals surface area contributed by atoms with Crippen LogP contribution in [0.25, 0.3) is 0 Å². The smallest absolute Gasteiger partial charge is 0.389 e. The monoisotopic (exact) mass is 320 g/mol. The third-order valence-electron chi connectivity index (χ3n) is 3.10. The molecule has 7 heteroatoms. The van der Waals surface area contributed by atoms with Gasteiger partial charge in [0.05, 0.1) is 18.2 Å². The Bertz CT molecular complexity index is 503. The molecule has 0 amide bonds. The van der Waals surface area contributed by atoms with Crippen LogP contribution in [0.15, 0.2) is 18.2 Å². The molecule has 0 spiro atoms. The fourth-order valence-electron chi connectivity index (χ4n) is 1.83. The van der Waals surface area contributed by atoms with E-state index in [1.54, 1.807) is 7.11 Å². The van der Waals surface area contributed by atoms with E-state index >= 15 is 0 Å². The average Bonchev–Trinajstić information content (AvgIpc) is 2.36. The number of rotatable bonds is 6. The third-order valence-corrected chi connectivity index (χ3v) is 3.32. The molecule has 1 atom stereocenters. The van der Waals surface area contributed by atoms with Gasteiger partial charge in [-0.05, 0) is 24.1 Å². The Labute approximate surface area is 127 Å². The van der Waals surface area contributed by atoms with Gasteiger partial charge < -0.3 is 15.8 Å². The summed E-state index contributed by atoms with van der Waals surface area (Å²) in [5, 5.41) is 3.15. The summed E-state index contributed by atoms with van der Waals surface area (Å²) < 4.78 is 43.4. The number of alkyl halides is 3. The van der Waals surface area contributed by atoms with Crippen molar-refractivity contribution in [2.75, 3.05) is 19.0 Å². The van der Waals surface area contributed by atoms with E-state index in [0.717, 1.165) is 12.1 Å². The van der Waals surface area contributed by atoms with Crippen LogP contribution in [0.2, 0.25) is 0 Å². The van der Waals surface area contributed by atoms with Crippen molar-refractivity contribution < 1.29 is 17.9 Å². The summed E-state index contributed by atoms with van der Waals surface area (Å²) in [6, 6.07) is 3.27. The number of hydrogen-bond acceptors (Lipinski definition) is 3. The summed E-state index contributed by atoms with van der Waals surface area (Å²) in [6.45, 7) is 4.40. The van der Waals surface area contributed by atoms with Gasteiger partial charge in [0, 0.05) is 18.4 Å². The van der Waals surface area contributed by atoms with Crippen LogP contribution >= 0.6 is 12.2 Å². The van der Waals surface area contributed by atoms with Crippen LogP contribution in [0.1, 0.15) is 25.0 Å². The molecule has 0 aliphatic rings. The number of thiocarbonyl (C=S) groups is 1. The zero-order valence-corrected chi connectivity index (χ0v) is 12.9. The number of nitrogens with two attached hydrogens (primary N) is 1. The molecule has 3 nitrogen and oxygen atoms in total. The lowest BCUT2D eigenvalue weighted by atomic mass is 10.0. The summed E-state index contributed by atoms with van der Waals surface area (Å²) in [7, 11) is 1.57. The Kier molecular flexibility index (Phi) is 5.98. The van der Waals surface area contributed by atoms with Gasteiger partial charge in [-0.1, -0.05) is 26.1 Å². The predicted octanol–water partition coefficient (Wildman–Crippen LogP) is 3.42. The highest BCUT2D eigenvalue weighted by atomic mass is 32.1. The highest BCUT2D eigenvalue weighted by Gasteiger charge is 2.31. The number of anilines is 1. The third kappa shape index (κ3) is 4.86. The van der Waals surface area contributed by atoms with Crippen molar-refractivity contribution in [1.82, 2.24) is 0 Å². The summed E-state index contributed by atoms with van der Waals surface area (Å²) in [6.07, 6.45) is -4.43. The zero-order chi connectivity index (χ0) is 16.2. The van der Waals surface area contributed by atoms with E-state index in [0.29, 0.717) is 12.3 Å². The van der Waals surface area contributed by atoms with Crippen molar-refractivity contribution >= 4 is 22.9 Å². The van der Waals surface area contributed by atoms with Crippen molar-refractivity contribution in [3.63, 3.8) is 0 Å². The van der Waals surface area contributed by atoms with Crippen LogP contribution in [0, 0.1) is 5.92 Å². The fourth-order valence-corrected chi connectivity index (χ4v) is 2.00. The maximum absolute atomic E-state index is 12.8. The van der Waals surface area contributed by atoms with Crippen molar-refractivity contribution in [2.45, 2.75) is 26.1 Å². The molecule has 0 fully saturated rings. The minimum atomic E-state index is -4.43. The molecular formula is C14H19F3N2OS. The van der Waals surface area contributed by atoms with Gasteiger partial charge in [-0.15, -0.1) is 0 Å². The zero-order valence-electron chi connectivity index (χ0n) is 12.1. The van der Waals surface area contributed by atoms with Gasteiger partial charge in [-0.25, -0.2) is 0 Å². The molecule has 0 bridgehead atoms. The molecule has 118 valence electrons. The van der Waals surface area contributed by atoms with Crippen LogP contribution in [-0.2, 0) is 10.9 Å². The fraction of sp³-hybridized carbons (Fsp3) is 0.500. The topological polar surface area (TPSA) is 47.3 Å². The molecule has 1 aromatic rings. The van der Waals surface area contributed by atoms with E-state index in [4.69, 9.17) is 22.7 Å². The van der Waals surface area contributed by atoms with E-state index in [-0.39, 0.29) is 22.5 Å². The van der Waals surface area contributed by atoms with Gasteiger partial charge in [0.15, 0.2) is 0 Å². The number of benzene rings is 1. The molecule has 0 saturated heterocycles. The second-order valence-corrected chi connectivity index (χ2v) is 5.51. The second kappa shape index (κ2) is 7.09. The molecule has 1 rings (SSSR count). The van der Waals surface area contributed by atoms with Crippen molar-refractivity contribution in [2.24, 2.45) is 11.7 Å². The van der Waals surface area contributed by atoms with Gasteiger partial charge in [0.2, 0.25) is 0 Å². The minimum absolute atomic E-state index is 0.0557. The molecule has 1 unspecified atom stereocenters. The van der Waals surface area contributed by atoms with Crippen molar-refractivity contribution in [3.05, 3.63) is 29.3 Å². The van der Waals surface area contributed by atoms with E-state index in [2.05, 4.69) is 5.32 Å². The molecule has 0 aliphatic heterocycles. The van der Waals surface area contributed by atoms with Crippen LogP contribution in [0.4, 0.5) is 18.9 Å². The van der Waals surface area contributed by atoms with Gasteiger partial charge >= 0.3 is 6.18 Å². The van der Waals surface area contributed by atoms with Gasteiger partial charge in [-0.2, -0.15) is 13.2 Å². The summed E-state index contributed by atoms with van der Waals surface area (Å²) in [5.74, 6) is 0.228. The van der Waals surface area contributed by atoms with E-state index in [9.17, 15) is 13.2 Å². The second-order valence-electron chi connectivity index (χ2n) is 5.07. The first-order chi connectivity index (χ1) is 9.66. The SMILES string of the molecule is COCC(Nc1ccc(C(F)(F)F)cc1C(N)=S)C(C)C. The molecule has 1 aromatic carbocycles. The standard InChI is InChI=1S/C14H19F3N2OS/c1-8(2)12(7-20-3)19-11-5-4-9(14(15,16)17)6-10(11)13(18)21/h4-6,8,12,19H,7H2,1-3H3,(H2,18,21). The lowest BCUT2D eigenvalue weighted by molar-refractivity contribution is -0.137. The molecule has 0 radical (unpaired) electrons. The molecule has 0 heterocycles. The van der Waals surface area contributed by atoms with Crippen LogP contribution < -0.4 is 11.1 Å². The largest absolute Gasteiger partial charge is 0.416 e. The number of hydrogen-bond donors (Lipinski definition) is 2. The van der Waals surface area contributed by atoms with E-state index < -0.39 is 11.7 Å². The van der Waals surface area contributed by atoms with Gasteiger partial charge in [-0.3, -0.25) is 0 Å². The highest BCUT2D eigenvalue weighted by molar-refractivity contribution is 7.80. The van der Waals surface area contributed by atoms with Crippen LogP contribution in [-0.4, -0.2) is 24.7 Å². The average molecular weight is 320 g/mol. The lowest BCUT2D eigenvalue weighted by Crippen LogP contribution is -2.31. The number of nitrogens with one attached hydrogen (secondary N) is 1. The maximum Gasteiger partial charge on any atom is 0.416 e. The quantitative estimate of drug-likeness (QED) is 0.789. The Balaban J connectivity index is 3.15. The first-order valence-electron chi connectivity index (χ1n) is 6.43. The first-order valence-corrected chi connectivity index (χ1v) is 6.84. The molecule has 0 aromatic heterocycles. The van der Waals surface area contributed by atoms with E-state index in [1.807, 2.05) is 13.8 Å². The van der Waals surface area contributed by atoms with Gasteiger partial charge in [0.25, 0.3) is 0 Å². The summed E-state index contributed by atoms with van der Waals surface area (Å²) in [5.41, 5.74) is 5.43. The molecular weight excluding hydrogens is 301 g/mol. The van der Waals surface area contributed by atoms with Crippen LogP contribution in [0.5, 0.6) is 0 Å². The molecule has 21 heavy (non-hydrogen) atoms. The highest BCUT2D eigenvalue weighted by Crippen LogP contribution is 2.32. The Morgan fingerprint density at radius 2 is 2.00 bits per heavy atom. The maximum atomic E-state index is 12.8. The van der Waals surface area contributed by atoms with Crippen molar-refractivity contribution in [3.8, 4) is 0 Å². The Morgan fingerprint density at radius 1 is 1.38 bits per heavy atom. The Hall–Kier alpha value is -1.34. The minimum Gasteiger partial charge on any atom is -0.389 e. The lowest BCUT2D eigenvalue weighted by Gasteiger charge is -2.24. The molecule has 0 saturated carbocycles. The van der Waals surface area contributed by atoms with Crippen molar-refractivity contribution in [1.29, 1.82) is 0 Å². The van der Waals surface area contributed by atoms with Crippen LogP contribution in [0.3, 0.4) is 0 Å². The number of ether oxygens (including phenoxy) is 1. The predicted molar refractivity (Wildman–Crippen MR) is 81.5 cm³/mol. The number of halogens is 3. The normalized spacial score (nSPS) is 13.3. The molecule has 3 N–H and O–H groups in total.